The SMILES string of the molecule is N[C@@H]1CN(c2ncc(F)c(N3CCCC3)n2)C[C@H]1C1CC1. The summed E-state index contributed by atoms with van der Waals surface area (Å²) in [5.41, 5.74) is 6.26. The van der Waals surface area contributed by atoms with Gasteiger partial charge in [0.25, 0.3) is 0 Å². The minimum atomic E-state index is -0.317. The quantitative estimate of drug-likeness (QED) is 0.912. The fourth-order valence-corrected chi connectivity index (χ4v) is 3.69. The van der Waals surface area contributed by atoms with Gasteiger partial charge in [-0.3, -0.25) is 0 Å². The molecule has 21 heavy (non-hydrogen) atoms. The summed E-state index contributed by atoms with van der Waals surface area (Å²) in [5.74, 6) is 2.11. The Morgan fingerprint density at radius 1 is 1.14 bits per heavy atom. The summed E-state index contributed by atoms with van der Waals surface area (Å²) in [6.07, 6.45) is 6.13. The number of nitrogens with two attached hydrogens (primary N) is 1. The molecule has 0 bridgehead atoms. The molecule has 1 aromatic heterocycles. The lowest BCUT2D eigenvalue weighted by Gasteiger charge is -2.21. The average Bonchev–Trinajstić information content (AvgIpc) is 3.03. The molecule has 3 aliphatic rings. The summed E-state index contributed by atoms with van der Waals surface area (Å²) in [7, 11) is 0. The van der Waals surface area contributed by atoms with Gasteiger partial charge < -0.3 is 15.5 Å². The van der Waals surface area contributed by atoms with Gasteiger partial charge in [-0.05, 0) is 37.5 Å². The Balaban J connectivity index is 1.56. The van der Waals surface area contributed by atoms with E-state index < -0.39 is 0 Å². The molecule has 0 unspecified atom stereocenters. The molecule has 1 aliphatic carbocycles. The molecule has 0 amide bonds. The van der Waals surface area contributed by atoms with Crippen molar-refractivity contribution in [3.8, 4) is 0 Å². The normalized spacial score (nSPS) is 29.4. The highest BCUT2D eigenvalue weighted by atomic mass is 19.1. The van der Waals surface area contributed by atoms with E-state index in [0.717, 1.165) is 44.9 Å². The van der Waals surface area contributed by atoms with Gasteiger partial charge in [0.1, 0.15) is 0 Å². The summed E-state index contributed by atoms with van der Waals surface area (Å²) in [6, 6.07) is 0.196. The van der Waals surface area contributed by atoms with Crippen LogP contribution in [0.4, 0.5) is 16.2 Å². The van der Waals surface area contributed by atoms with Crippen LogP contribution in [0.2, 0.25) is 0 Å². The largest absolute Gasteiger partial charge is 0.354 e. The first-order valence-corrected chi connectivity index (χ1v) is 8.00. The van der Waals surface area contributed by atoms with Gasteiger partial charge in [-0.2, -0.15) is 4.98 Å². The highest BCUT2D eigenvalue weighted by Gasteiger charge is 2.41. The van der Waals surface area contributed by atoms with Crippen molar-refractivity contribution >= 4 is 11.8 Å². The zero-order valence-electron chi connectivity index (χ0n) is 12.2. The van der Waals surface area contributed by atoms with Gasteiger partial charge in [0.15, 0.2) is 11.6 Å². The third-order valence-electron chi connectivity index (χ3n) is 5.04. The van der Waals surface area contributed by atoms with Crippen LogP contribution in [0.3, 0.4) is 0 Å². The highest BCUT2D eigenvalue weighted by Crippen LogP contribution is 2.41. The molecule has 3 heterocycles. The number of anilines is 2. The van der Waals surface area contributed by atoms with Crippen LogP contribution in [0.25, 0.3) is 0 Å². The standard InChI is InChI=1S/C15H22FN5/c16-12-7-18-15(19-14(12)20-5-1-2-6-20)21-8-11(10-3-4-10)13(17)9-21/h7,10-11,13H,1-6,8-9,17H2/t11-,13+/m0/s1. The first kappa shape index (κ1) is 13.2. The fraction of sp³-hybridized carbons (Fsp3) is 0.733. The van der Waals surface area contributed by atoms with Crippen molar-refractivity contribution in [3.05, 3.63) is 12.0 Å². The molecule has 2 atom stereocenters. The average molecular weight is 291 g/mol. The van der Waals surface area contributed by atoms with Gasteiger partial charge in [0, 0.05) is 32.2 Å². The lowest BCUT2D eigenvalue weighted by molar-refractivity contribution is 0.456. The molecule has 1 saturated carbocycles. The second-order valence-corrected chi connectivity index (χ2v) is 6.61. The highest BCUT2D eigenvalue weighted by molar-refractivity contribution is 5.46. The molecule has 3 fully saturated rings. The van der Waals surface area contributed by atoms with Crippen LogP contribution in [0.5, 0.6) is 0 Å². The number of hydrogen-bond acceptors (Lipinski definition) is 5. The van der Waals surface area contributed by atoms with E-state index in [-0.39, 0.29) is 11.9 Å². The fourth-order valence-electron chi connectivity index (χ4n) is 3.69. The van der Waals surface area contributed by atoms with Crippen molar-refractivity contribution in [2.24, 2.45) is 17.6 Å². The molecule has 2 aliphatic heterocycles. The molecule has 0 aromatic carbocycles. The predicted octanol–water partition coefficient (Wildman–Crippen LogP) is 1.39. The molecule has 0 radical (unpaired) electrons. The maximum Gasteiger partial charge on any atom is 0.227 e. The Morgan fingerprint density at radius 3 is 2.62 bits per heavy atom. The zero-order valence-corrected chi connectivity index (χ0v) is 12.2. The van der Waals surface area contributed by atoms with Crippen molar-refractivity contribution in [2.75, 3.05) is 36.0 Å². The summed E-state index contributed by atoms with van der Waals surface area (Å²) < 4.78 is 14.0. The van der Waals surface area contributed by atoms with E-state index in [1.54, 1.807) is 0 Å². The number of hydrogen-bond donors (Lipinski definition) is 1. The lowest BCUT2D eigenvalue weighted by atomic mass is 9.99. The third-order valence-corrected chi connectivity index (χ3v) is 5.04. The number of halogens is 1. The molecule has 2 saturated heterocycles. The molecule has 6 heteroatoms. The third kappa shape index (κ3) is 2.46. The zero-order chi connectivity index (χ0) is 14.4. The number of rotatable bonds is 3. The Labute approximate surface area is 124 Å². The van der Waals surface area contributed by atoms with E-state index in [9.17, 15) is 4.39 Å². The lowest BCUT2D eigenvalue weighted by Crippen LogP contribution is -2.31. The molecule has 4 rings (SSSR count). The summed E-state index contributed by atoms with van der Waals surface area (Å²) >= 11 is 0. The molecule has 5 nitrogen and oxygen atoms in total. The molecule has 1 aromatic rings. The summed E-state index contributed by atoms with van der Waals surface area (Å²) in [4.78, 5) is 12.8. The van der Waals surface area contributed by atoms with Gasteiger partial charge in [-0.1, -0.05) is 0 Å². The minimum Gasteiger partial charge on any atom is -0.354 e. The summed E-state index contributed by atoms with van der Waals surface area (Å²) in [5, 5.41) is 0. The van der Waals surface area contributed by atoms with E-state index in [0.29, 0.717) is 17.7 Å². The molecule has 114 valence electrons. The van der Waals surface area contributed by atoms with E-state index in [1.165, 1.54) is 19.0 Å². The number of aromatic nitrogens is 2. The van der Waals surface area contributed by atoms with Gasteiger partial charge in [-0.25, -0.2) is 9.37 Å². The second-order valence-electron chi connectivity index (χ2n) is 6.61. The van der Waals surface area contributed by atoms with Crippen LogP contribution >= 0.6 is 0 Å². The van der Waals surface area contributed by atoms with Crippen molar-refractivity contribution in [2.45, 2.75) is 31.7 Å². The van der Waals surface area contributed by atoms with Crippen LogP contribution in [0.1, 0.15) is 25.7 Å². The van der Waals surface area contributed by atoms with Crippen molar-refractivity contribution in [1.29, 1.82) is 0 Å². The van der Waals surface area contributed by atoms with E-state index >= 15 is 0 Å². The van der Waals surface area contributed by atoms with Crippen LogP contribution in [0, 0.1) is 17.7 Å². The molecular formula is C15H22FN5. The van der Waals surface area contributed by atoms with Gasteiger partial charge in [0.2, 0.25) is 5.95 Å². The topological polar surface area (TPSA) is 58.3 Å². The first-order valence-electron chi connectivity index (χ1n) is 8.00. The Morgan fingerprint density at radius 2 is 1.90 bits per heavy atom. The minimum absolute atomic E-state index is 0.196. The second kappa shape index (κ2) is 5.09. The van der Waals surface area contributed by atoms with E-state index in [4.69, 9.17) is 5.73 Å². The number of nitrogens with zero attached hydrogens (tertiary/aromatic N) is 4. The van der Waals surface area contributed by atoms with Crippen LogP contribution < -0.4 is 15.5 Å². The Bertz CT molecular complexity index is 527. The maximum absolute atomic E-state index is 14.0. The molecule has 2 N–H and O–H groups in total. The molecular weight excluding hydrogens is 269 g/mol. The Hall–Kier alpha value is -1.43. The molecule has 0 spiro atoms. The maximum atomic E-state index is 14.0. The van der Waals surface area contributed by atoms with Crippen LogP contribution in [-0.4, -0.2) is 42.2 Å². The van der Waals surface area contributed by atoms with Crippen LogP contribution in [0.15, 0.2) is 6.20 Å². The van der Waals surface area contributed by atoms with Gasteiger partial charge in [-0.15, -0.1) is 0 Å². The summed E-state index contributed by atoms with van der Waals surface area (Å²) in [6.45, 7) is 3.47. The van der Waals surface area contributed by atoms with Crippen molar-refractivity contribution < 1.29 is 4.39 Å². The smallest absolute Gasteiger partial charge is 0.227 e. The van der Waals surface area contributed by atoms with E-state index in [1.807, 2.05) is 4.90 Å². The van der Waals surface area contributed by atoms with E-state index in [2.05, 4.69) is 14.9 Å². The first-order chi connectivity index (χ1) is 10.2. The van der Waals surface area contributed by atoms with Gasteiger partial charge in [0.05, 0.1) is 6.20 Å². The Kier molecular flexibility index (Phi) is 3.21. The van der Waals surface area contributed by atoms with Crippen molar-refractivity contribution in [1.82, 2.24) is 9.97 Å². The predicted molar refractivity (Wildman–Crippen MR) is 79.8 cm³/mol. The van der Waals surface area contributed by atoms with Gasteiger partial charge >= 0.3 is 0 Å². The monoisotopic (exact) mass is 291 g/mol. The van der Waals surface area contributed by atoms with Crippen molar-refractivity contribution in [3.63, 3.8) is 0 Å². The van der Waals surface area contributed by atoms with Crippen LogP contribution in [-0.2, 0) is 0 Å².